The van der Waals surface area contributed by atoms with Crippen molar-refractivity contribution in [1.82, 2.24) is 4.31 Å². The average molecular weight is 416 g/mol. The minimum absolute atomic E-state index is 0.0854. The first-order valence-corrected chi connectivity index (χ1v) is 11.4. The zero-order valence-electron chi connectivity index (χ0n) is 16.6. The second kappa shape index (κ2) is 7.89. The summed E-state index contributed by atoms with van der Waals surface area (Å²) in [5.41, 5.74) is 2.72. The van der Waals surface area contributed by atoms with Crippen LogP contribution in [0.25, 0.3) is 0 Å². The average Bonchev–Trinajstić information content (AvgIpc) is 3.15. The van der Waals surface area contributed by atoms with E-state index in [9.17, 15) is 13.2 Å². The van der Waals surface area contributed by atoms with E-state index in [0.717, 1.165) is 19.3 Å². The van der Waals surface area contributed by atoms with Gasteiger partial charge in [-0.3, -0.25) is 0 Å². The Kier molecular flexibility index (Phi) is 5.46. The minimum Gasteiger partial charge on any atom is -0.423 e. The summed E-state index contributed by atoms with van der Waals surface area (Å²) in [6.45, 7) is 4.28. The van der Waals surface area contributed by atoms with Crippen molar-refractivity contribution in [3.05, 3.63) is 59.2 Å². The molecule has 0 spiro atoms. The van der Waals surface area contributed by atoms with Gasteiger partial charge in [0.05, 0.1) is 22.7 Å². The molecule has 2 atom stereocenters. The van der Waals surface area contributed by atoms with Gasteiger partial charge in [-0.2, -0.15) is 4.31 Å². The van der Waals surface area contributed by atoms with Gasteiger partial charge in [0.2, 0.25) is 10.0 Å². The molecule has 1 saturated heterocycles. The molecule has 0 bridgehead atoms. The van der Waals surface area contributed by atoms with Crippen LogP contribution in [0.15, 0.2) is 47.4 Å². The molecule has 4 rings (SSSR count). The summed E-state index contributed by atoms with van der Waals surface area (Å²) < 4.78 is 38.7. The van der Waals surface area contributed by atoms with Gasteiger partial charge in [0.1, 0.15) is 5.75 Å². The van der Waals surface area contributed by atoms with Gasteiger partial charge in [0.25, 0.3) is 0 Å². The second-order valence-electron chi connectivity index (χ2n) is 7.78. The molecule has 0 amide bonds. The number of benzene rings is 2. The zero-order chi connectivity index (χ0) is 20.6. The SMILES string of the molecule is C[C@H]1CN(S(=O)(=O)c2cccc(C(=O)Oc3ccc4c(c3)CCC4)c2)C[C@H](C)O1. The van der Waals surface area contributed by atoms with Gasteiger partial charge in [0, 0.05) is 13.1 Å². The van der Waals surface area contributed by atoms with Crippen molar-refractivity contribution in [3.63, 3.8) is 0 Å². The Labute approximate surface area is 171 Å². The van der Waals surface area contributed by atoms with Gasteiger partial charge in [-0.1, -0.05) is 12.1 Å². The van der Waals surface area contributed by atoms with Crippen LogP contribution in [-0.2, 0) is 27.6 Å². The third-order valence-electron chi connectivity index (χ3n) is 5.37. The molecule has 0 unspecified atom stereocenters. The molecular formula is C22H25NO5S. The van der Waals surface area contributed by atoms with E-state index < -0.39 is 16.0 Å². The fourth-order valence-corrected chi connectivity index (χ4v) is 5.67. The number of carbonyl (C=O) groups is 1. The van der Waals surface area contributed by atoms with E-state index >= 15 is 0 Å². The van der Waals surface area contributed by atoms with E-state index in [2.05, 4.69) is 0 Å². The van der Waals surface area contributed by atoms with E-state index in [-0.39, 0.29) is 35.8 Å². The number of esters is 1. The molecule has 0 N–H and O–H groups in total. The number of sulfonamides is 1. The maximum atomic E-state index is 13.1. The lowest BCUT2D eigenvalue weighted by molar-refractivity contribution is -0.0440. The van der Waals surface area contributed by atoms with Gasteiger partial charge in [-0.15, -0.1) is 0 Å². The normalized spacial score (nSPS) is 22.3. The Balaban J connectivity index is 1.54. The van der Waals surface area contributed by atoms with Crippen LogP contribution in [0.4, 0.5) is 0 Å². The smallest absolute Gasteiger partial charge is 0.343 e. The summed E-state index contributed by atoms with van der Waals surface area (Å²) >= 11 is 0. The highest BCUT2D eigenvalue weighted by atomic mass is 32.2. The molecule has 0 saturated carbocycles. The van der Waals surface area contributed by atoms with Crippen molar-refractivity contribution in [2.75, 3.05) is 13.1 Å². The van der Waals surface area contributed by atoms with Gasteiger partial charge in [-0.05, 0) is 74.6 Å². The molecule has 1 fully saturated rings. The van der Waals surface area contributed by atoms with Gasteiger partial charge >= 0.3 is 5.97 Å². The maximum absolute atomic E-state index is 13.1. The van der Waals surface area contributed by atoms with Crippen LogP contribution in [0.5, 0.6) is 5.75 Å². The van der Waals surface area contributed by atoms with E-state index in [1.807, 2.05) is 26.0 Å². The third-order valence-corrected chi connectivity index (χ3v) is 7.20. The summed E-state index contributed by atoms with van der Waals surface area (Å²) in [4.78, 5) is 12.7. The summed E-state index contributed by atoms with van der Waals surface area (Å²) in [6, 6.07) is 11.7. The van der Waals surface area contributed by atoms with Crippen molar-refractivity contribution >= 4 is 16.0 Å². The van der Waals surface area contributed by atoms with Crippen LogP contribution in [-0.4, -0.2) is 44.0 Å². The number of rotatable bonds is 4. The zero-order valence-corrected chi connectivity index (χ0v) is 17.4. The predicted molar refractivity (Wildman–Crippen MR) is 109 cm³/mol. The van der Waals surface area contributed by atoms with Crippen molar-refractivity contribution in [2.24, 2.45) is 0 Å². The van der Waals surface area contributed by atoms with Crippen LogP contribution in [0.3, 0.4) is 0 Å². The van der Waals surface area contributed by atoms with Crippen LogP contribution < -0.4 is 4.74 Å². The molecule has 1 heterocycles. The Bertz CT molecular complexity index is 1020. The maximum Gasteiger partial charge on any atom is 0.343 e. The van der Waals surface area contributed by atoms with Crippen molar-refractivity contribution in [1.29, 1.82) is 0 Å². The number of fused-ring (bicyclic) bond motifs is 1. The first-order chi connectivity index (χ1) is 13.8. The highest BCUT2D eigenvalue weighted by Gasteiger charge is 2.32. The van der Waals surface area contributed by atoms with Crippen molar-refractivity contribution in [2.45, 2.75) is 50.2 Å². The number of carbonyl (C=O) groups excluding carboxylic acids is 1. The number of hydrogen-bond donors (Lipinski definition) is 0. The molecule has 29 heavy (non-hydrogen) atoms. The Morgan fingerprint density at radius 1 is 1.03 bits per heavy atom. The molecule has 0 radical (unpaired) electrons. The van der Waals surface area contributed by atoms with E-state index in [1.54, 1.807) is 18.2 Å². The molecule has 2 aliphatic rings. The summed E-state index contributed by atoms with van der Waals surface area (Å²) in [6.07, 6.45) is 2.81. The number of ether oxygens (including phenoxy) is 2. The molecule has 0 aromatic heterocycles. The Morgan fingerprint density at radius 3 is 2.52 bits per heavy atom. The van der Waals surface area contributed by atoms with Gasteiger partial charge in [-0.25, -0.2) is 13.2 Å². The van der Waals surface area contributed by atoms with E-state index in [1.165, 1.54) is 27.6 Å². The fourth-order valence-electron chi connectivity index (χ4n) is 4.04. The molecule has 2 aromatic carbocycles. The highest BCUT2D eigenvalue weighted by molar-refractivity contribution is 7.89. The van der Waals surface area contributed by atoms with Gasteiger partial charge in [0.15, 0.2) is 0 Å². The lowest BCUT2D eigenvalue weighted by Gasteiger charge is -2.34. The molecule has 154 valence electrons. The molecule has 1 aliphatic carbocycles. The largest absolute Gasteiger partial charge is 0.423 e. The van der Waals surface area contributed by atoms with E-state index in [4.69, 9.17) is 9.47 Å². The fraction of sp³-hybridized carbons (Fsp3) is 0.409. The summed E-state index contributed by atoms with van der Waals surface area (Å²) in [5.74, 6) is -0.0801. The number of nitrogens with zero attached hydrogens (tertiary/aromatic N) is 1. The number of morpholine rings is 1. The quantitative estimate of drug-likeness (QED) is 0.566. The standard InChI is InChI=1S/C22H25NO5S/c1-15-13-23(14-16(2)27-15)29(25,26)21-8-4-7-19(12-21)22(24)28-20-10-9-17-5-3-6-18(17)11-20/h4,7-12,15-16H,3,5-6,13-14H2,1-2H3/t15-,16-/m0/s1. The first kappa shape index (κ1) is 20.1. The summed E-state index contributed by atoms with van der Waals surface area (Å²) in [5, 5.41) is 0. The minimum atomic E-state index is -3.72. The highest BCUT2D eigenvalue weighted by Crippen LogP contribution is 2.27. The van der Waals surface area contributed by atoms with Crippen LogP contribution >= 0.6 is 0 Å². The molecule has 7 heteroatoms. The van der Waals surface area contributed by atoms with Crippen LogP contribution in [0.2, 0.25) is 0 Å². The Hall–Kier alpha value is -2.22. The summed E-state index contributed by atoms with van der Waals surface area (Å²) in [7, 11) is -3.72. The molecule has 2 aromatic rings. The van der Waals surface area contributed by atoms with E-state index in [0.29, 0.717) is 5.75 Å². The third kappa shape index (κ3) is 4.22. The molecular weight excluding hydrogens is 390 g/mol. The first-order valence-electron chi connectivity index (χ1n) is 9.92. The monoisotopic (exact) mass is 415 g/mol. The van der Waals surface area contributed by atoms with Crippen LogP contribution in [0, 0.1) is 0 Å². The van der Waals surface area contributed by atoms with Crippen molar-refractivity contribution in [3.8, 4) is 5.75 Å². The molecule has 1 aliphatic heterocycles. The van der Waals surface area contributed by atoms with Crippen LogP contribution in [0.1, 0.15) is 41.8 Å². The lowest BCUT2D eigenvalue weighted by atomic mass is 10.1. The topological polar surface area (TPSA) is 72.9 Å². The predicted octanol–water partition coefficient (Wildman–Crippen LogP) is 3.19. The number of hydrogen-bond acceptors (Lipinski definition) is 5. The Morgan fingerprint density at radius 2 is 1.76 bits per heavy atom. The number of aryl methyl sites for hydroxylation is 2. The van der Waals surface area contributed by atoms with Crippen molar-refractivity contribution < 1.29 is 22.7 Å². The van der Waals surface area contributed by atoms with Gasteiger partial charge < -0.3 is 9.47 Å². The second-order valence-corrected chi connectivity index (χ2v) is 9.72. The molecule has 6 nitrogen and oxygen atoms in total. The lowest BCUT2D eigenvalue weighted by Crippen LogP contribution is -2.48.